The normalized spacial score (nSPS) is 11.8. The third kappa shape index (κ3) is 4.65. The van der Waals surface area contributed by atoms with Crippen molar-refractivity contribution in [2.45, 2.75) is 32.9 Å². The fourth-order valence-corrected chi connectivity index (χ4v) is 1.46. The Morgan fingerprint density at radius 2 is 2.07 bits per heavy atom. The first-order chi connectivity index (χ1) is 6.88. The number of hydrogen-bond acceptors (Lipinski definition) is 2. The average Bonchev–Trinajstić information content (AvgIpc) is 2.09. The van der Waals surface area contributed by atoms with Gasteiger partial charge in [0.25, 0.3) is 0 Å². The van der Waals surface area contributed by atoms with Gasteiger partial charge < -0.3 is 10.4 Å². The van der Waals surface area contributed by atoms with Crippen molar-refractivity contribution in [1.82, 2.24) is 5.32 Å². The summed E-state index contributed by atoms with van der Waals surface area (Å²) >= 11 is 6.01. The summed E-state index contributed by atoms with van der Waals surface area (Å²) in [5.41, 5.74) is 1.55. The average molecular weight is 228 g/mol. The van der Waals surface area contributed by atoms with Crippen LogP contribution in [0.4, 0.5) is 0 Å². The first-order valence-electron chi connectivity index (χ1n) is 5.06. The van der Waals surface area contributed by atoms with Crippen LogP contribution in [0.2, 0.25) is 5.02 Å². The zero-order valence-corrected chi connectivity index (χ0v) is 10.2. The van der Waals surface area contributed by atoms with Crippen LogP contribution in [0, 0.1) is 6.92 Å². The number of aryl methyl sites for hydroxylation is 1. The predicted octanol–water partition coefficient (Wildman–Crippen LogP) is 2.51. The van der Waals surface area contributed by atoms with E-state index in [1.807, 2.05) is 25.1 Å². The molecule has 0 saturated heterocycles. The molecule has 0 bridgehead atoms. The molecule has 0 aliphatic rings. The van der Waals surface area contributed by atoms with Gasteiger partial charge in [-0.1, -0.05) is 23.7 Å². The molecule has 2 nitrogen and oxygen atoms in total. The zero-order chi connectivity index (χ0) is 11.5. The van der Waals surface area contributed by atoms with E-state index in [1.165, 1.54) is 0 Å². The molecule has 1 aromatic carbocycles. The van der Waals surface area contributed by atoms with Gasteiger partial charge in [0.15, 0.2) is 0 Å². The van der Waals surface area contributed by atoms with Gasteiger partial charge in [0, 0.05) is 18.1 Å². The number of nitrogens with one attached hydrogen (secondary N) is 1. The molecular formula is C12H18ClNO. The monoisotopic (exact) mass is 227 g/mol. The van der Waals surface area contributed by atoms with Crippen LogP contribution in [-0.2, 0) is 6.54 Å². The molecule has 0 aliphatic heterocycles. The number of halogens is 1. The van der Waals surface area contributed by atoms with Gasteiger partial charge in [-0.3, -0.25) is 0 Å². The standard InChI is InChI=1S/C12H18ClNO/c1-9-4-5-10(6-11(9)13)7-14-8-12(2,3)15/h4-6,14-15H,7-8H2,1-3H3. The van der Waals surface area contributed by atoms with Crippen LogP contribution < -0.4 is 5.32 Å². The Hall–Kier alpha value is -0.570. The van der Waals surface area contributed by atoms with E-state index in [9.17, 15) is 5.11 Å². The lowest BCUT2D eigenvalue weighted by molar-refractivity contribution is 0.0795. The fraction of sp³-hybridized carbons (Fsp3) is 0.500. The van der Waals surface area contributed by atoms with Gasteiger partial charge in [0.2, 0.25) is 0 Å². The SMILES string of the molecule is Cc1ccc(CNCC(C)(C)O)cc1Cl. The van der Waals surface area contributed by atoms with Gasteiger partial charge >= 0.3 is 0 Å². The second-order valence-electron chi connectivity index (χ2n) is 4.50. The number of aliphatic hydroxyl groups is 1. The zero-order valence-electron chi connectivity index (χ0n) is 9.47. The van der Waals surface area contributed by atoms with Gasteiger partial charge in [-0.2, -0.15) is 0 Å². The summed E-state index contributed by atoms with van der Waals surface area (Å²) in [6.45, 7) is 6.84. The lowest BCUT2D eigenvalue weighted by Crippen LogP contribution is -2.34. The van der Waals surface area contributed by atoms with Gasteiger partial charge in [0.05, 0.1) is 5.60 Å². The molecule has 0 unspecified atom stereocenters. The molecule has 0 saturated carbocycles. The van der Waals surface area contributed by atoms with E-state index in [-0.39, 0.29) is 0 Å². The summed E-state index contributed by atoms with van der Waals surface area (Å²) in [5, 5.41) is 13.5. The molecule has 0 radical (unpaired) electrons. The van der Waals surface area contributed by atoms with Crippen LogP contribution in [0.25, 0.3) is 0 Å². The third-order valence-corrected chi connectivity index (χ3v) is 2.53. The summed E-state index contributed by atoms with van der Waals surface area (Å²) in [4.78, 5) is 0. The van der Waals surface area contributed by atoms with Crippen molar-refractivity contribution in [1.29, 1.82) is 0 Å². The fourth-order valence-electron chi connectivity index (χ4n) is 1.26. The minimum atomic E-state index is -0.672. The van der Waals surface area contributed by atoms with E-state index in [0.717, 1.165) is 22.7 Å². The molecular weight excluding hydrogens is 210 g/mol. The van der Waals surface area contributed by atoms with Gasteiger partial charge in [-0.25, -0.2) is 0 Å². The van der Waals surface area contributed by atoms with Crippen LogP contribution in [-0.4, -0.2) is 17.3 Å². The van der Waals surface area contributed by atoms with Crippen molar-refractivity contribution in [3.05, 3.63) is 34.3 Å². The Morgan fingerprint density at radius 1 is 1.40 bits per heavy atom. The summed E-state index contributed by atoms with van der Waals surface area (Å²) < 4.78 is 0. The number of rotatable bonds is 4. The highest BCUT2D eigenvalue weighted by molar-refractivity contribution is 6.31. The van der Waals surface area contributed by atoms with Crippen LogP contribution in [0.3, 0.4) is 0 Å². The molecule has 0 aliphatic carbocycles. The van der Waals surface area contributed by atoms with Crippen molar-refractivity contribution >= 4 is 11.6 Å². The van der Waals surface area contributed by atoms with Crippen molar-refractivity contribution in [3.8, 4) is 0 Å². The molecule has 1 rings (SSSR count). The lowest BCUT2D eigenvalue weighted by Gasteiger charge is -2.17. The highest BCUT2D eigenvalue weighted by Crippen LogP contribution is 2.16. The Bertz CT molecular complexity index is 331. The van der Waals surface area contributed by atoms with Crippen molar-refractivity contribution in [2.24, 2.45) is 0 Å². The summed E-state index contributed by atoms with van der Waals surface area (Å²) in [7, 11) is 0. The van der Waals surface area contributed by atoms with Crippen molar-refractivity contribution in [2.75, 3.05) is 6.54 Å². The van der Waals surface area contributed by atoms with Crippen LogP contribution >= 0.6 is 11.6 Å². The lowest BCUT2D eigenvalue weighted by atomic mass is 10.1. The van der Waals surface area contributed by atoms with E-state index in [0.29, 0.717) is 6.54 Å². The quantitative estimate of drug-likeness (QED) is 0.829. The smallest absolute Gasteiger partial charge is 0.0715 e. The summed E-state index contributed by atoms with van der Waals surface area (Å²) in [5.74, 6) is 0. The van der Waals surface area contributed by atoms with E-state index >= 15 is 0 Å². The maximum Gasteiger partial charge on any atom is 0.0715 e. The molecule has 0 amide bonds. The first kappa shape index (κ1) is 12.5. The van der Waals surface area contributed by atoms with E-state index in [2.05, 4.69) is 5.32 Å². The minimum absolute atomic E-state index is 0.568. The third-order valence-electron chi connectivity index (χ3n) is 2.12. The Morgan fingerprint density at radius 3 is 2.60 bits per heavy atom. The maximum atomic E-state index is 9.51. The minimum Gasteiger partial charge on any atom is -0.389 e. The Kier molecular flexibility index (Phi) is 4.14. The van der Waals surface area contributed by atoms with Crippen molar-refractivity contribution < 1.29 is 5.11 Å². The highest BCUT2D eigenvalue weighted by Gasteiger charge is 2.10. The topological polar surface area (TPSA) is 32.3 Å². The summed E-state index contributed by atoms with van der Waals surface area (Å²) in [6, 6.07) is 6.00. The Labute approximate surface area is 96.3 Å². The highest BCUT2D eigenvalue weighted by atomic mass is 35.5. The largest absolute Gasteiger partial charge is 0.389 e. The van der Waals surface area contributed by atoms with E-state index in [1.54, 1.807) is 13.8 Å². The molecule has 0 heterocycles. The van der Waals surface area contributed by atoms with Crippen LogP contribution in [0.1, 0.15) is 25.0 Å². The van der Waals surface area contributed by atoms with E-state index < -0.39 is 5.60 Å². The van der Waals surface area contributed by atoms with Gasteiger partial charge in [0.1, 0.15) is 0 Å². The van der Waals surface area contributed by atoms with Gasteiger partial charge in [-0.05, 0) is 38.0 Å². The van der Waals surface area contributed by atoms with E-state index in [4.69, 9.17) is 11.6 Å². The molecule has 0 fully saturated rings. The molecule has 2 N–H and O–H groups in total. The molecule has 15 heavy (non-hydrogen) atoms. The molecule has 3 heteroatoms. The maximum absolute atomic E-state index is 9.51. The number of hydrogen-bond donors (Lipinski definition) is 2. The second-order valence-corrected chi connectivity index (χ2v) is 4.91. The van der Waals surface area contributed by atoms with Gasteiger partial charge in [-0.15, -0.1) is 0 Å². The molecule has 0 atom stereocenters. The molecule has 1 aromatic rings. The number of benzene rings is 1. The predicted molar refractivity (Wildman–Crippen MR) is 64.2 cm³/mol. The molecule has 0 spiro atoms. The second kappa shape index (κ2) is 4.97. The first-order valence-corrected chi connectivity index (χ1v) is 5.44. The van der Waals surface area contributed by atoms with Crippen LogP contribution in [0.15, 0.2) is 18.2 Å². The Balaban J connectivity index is 2.48. The molecule has 84 valence electrons. The van der Waals surface area contributed by atoms with Crippen LogP contribution in [0.5, 0.6) is 0 Å². The summed E-state index contributed by atoms with van der Waals surface area (Å²) in [6.07, 6.45) is 0. The van der Waals surface area contributed by atoms with Crippen molar-refractivity contribution in [3.63, 3.8) is 0 Å². The molecule has 0 aromatic heterocycles.